The number of Topliss-reactive ketones (excluding diaryl/α,β-unsaturated/α-hetero) is 1. The van der Waals surface area contributed by atoms with Gasteiger partial charge in [-0.25, -0.2) is 0 Å². The largest absolute Gasteiger partial charge is 0.341 e. The number of benzene rings is 1. The molecule has 0 aliphatic carbocycles. The van der Waals surface area contributed by atoms with Crippen molar-refractivity contribution in [3.8, 4) is 0 Å². The van der Waals surface area contributed by atoms with E-state index in [4.69, 9.17) is 0 Å². The van der Waals surface area contributed by atoms with Crippen molar-refractivity contribution < 1.29 is 9.59 Å². The molecule has 0 spiro atoms. The van der Waals surface area contributed by atoms with E-state index in [2.05, 4.69) is 36.4 Å². The number of hydrogen-bond donors (Lipinski definition) is 1. The van der Waals surface area contributed by atoms with Gasteiger partial charge in [-0.2, -0.15) is 5.10 Å². The molecule has 2 aromatic rings. The van der Waals surface area contributed by atoms with Crippen molar-refractivity contribution in [3.63, 3.8) is 0 Å². The van der Waals surface area contributed by atoms with Gasteiger partial charge < -0.3 is 10.2 Å². The average Bonchev–Trinajstić information content (AvgIpc) is 3.14. The van der Waals surface area contributed by atoms with Crippen LogP contribution in [0, 0.1) is 11.8 Å². The Bertz CT molecular complexity index is 833. The van der Waals surface area contributed by atoms with E-state index in [9.17, 15) is 9.59 Å². The van der Waals surface area contributed by atoms with Crippen molar-refractivity contribution in [2.45, 2.75) is 39.2 Å². The number of carbonyl (C=O) groups is 2. The smallest absolute Gasteiger partial charge is 0.244 e. The molecule has 1 aromatic carbocycles. The first kappa shape index (κ1) is 21.2. The number of likely N-dealkylation sites (tertiary alicyclic amines) is 1. The molecule has 1 amide bonds. The standard InChI is InChI=1S/C23H32N4O2/c1-16(2)13-17-5-7-18(8-6-17)22(28)19-9-11-27(12-10-19)23(29)21(24-3)20-14-25-26(4)15-20/h5-8,14-16,19,21,24H,9-13H2,1-4H3. The molecule has 6 heteroatoms. The molecule has 0 saturated carbocycles. The van der Waals surface area contributed by atoms with Gasteiger partial charge in [-0.1, -0.05) is 38.1 Å². The molecule has 156 valence electrons. The maximum atomic E-state index is 13.0. The zero-order valence-corrected chi connectivity index (χ0v) is 17.9. The third-order valence-electron chi connectivity index (χ3n) is 5.65. The molecule has 1 aliphatic rings. The normalized spacial score (nSPS) is 16.2. The van der Waals surface area contributed by atoms with Crippen LogP contribution in [0.4, 0.5) is 0 Å². The van der Waals surface area contributed by atoms with Gasteiger partial charge in [0.2, 0.25) is 5.91 Å². The predicted octanol–water partition coefficient (Wildman–Crippen LogP) is 3.00. The van der Waals surface area contributed by atoms with Crippen molar-refractivity contribution in [1.82, 2.24) is 20.0 Å². The Labute approximate surface area is 173 Å². The molecule has 1 N–H and O–H groups in total. The van der Waals surface area contributed by atoms with Crippen molar-refractivity contribution >= 4 is 11.7 Å². The summed E-state index contributed by atoms with van der Waals surface area (Å²) in [5.41, 5.74) is 2.91. The van der Waals surface area contributed by atoms with E-state index in [1.807, 2.05) is 30.3 Å². The zero-order valence-electron chi connectivity index (χ0n) is 17.9. The van der Waals surface area contributed by atoms with E-state index < -0.39 is 6.04 Å². The van der Waals surface area contributed by atoms with E-state index >= 15 is 0 Å². The average molecular weight is 397 g/mol. The number of piperidine rings is 1. The number of aryl methyl sites for hydroxylation is 1. The molecule has 0 bridgehead atoms. The molecular formula is C23H32N4O2. The lowest BCUT2D eigenvalue weighted by Crippen LogP contribution is -2.45. The number of likely N-dealkylation sites (N-methyl/N-ethyl adjacent to an activating group) is 1. The Balaban J connectivity index is 1.58. The van der Waals surface area contributed by atoms with Crippen LogP contribution in [0.5, 0.6) is 0 Å². The zero-order chi connectivity index (χ0) is 21.0. The van der Waals surface area contributed by atoms with Crippen molar-refractivity contribution in [2.75, 3.05) is 20.1 Å². The first-order chi connectivity index (χ1) is 13.9. The fourth-order valence-electron chi connectivity index (χ4n) is 4.08. The van der Waals surface area contributed by atoms with Gasteiger partial charge in [-0.05, 0) is 37.8 Å². The van der Waals surface area contributed by atoms with Crippen molar-refractivity contribution in [1.29, 1.82) is 0 Å². The highest BCUT2D eigenvalue weighted by molar-refractivity contribution is 5.98. The van der Waals surface area contributed by atoms with Gasteiger partial charge in [-0.3, -0.25) is 14.3 Å². The molecule has 1 unspecified atom stereocenters. The SMILES string of the molecule is CNC(C(=O)N1CCC(C(=O)c2ccc(CC(C)C)cc2)CC1)c1cnn(C)c1. The summed E-state index contributed by atoms with van der Waals surface area (Å²) in [5, 5.41) is 7.26. The van der Waals surface area contributed by atoms with Crippen LogP contribution in [-0.4, -0.2) is 46.5 Å². The third-order valence-corrected chi connectivity index (χ3v) is 5.65. The van der Waals surface area contributed by atoms with Crippen LogP contribution in [0.15, 0.2) is 36.7 Å². The van der Waals surface area contributed by atoms with Gasteiger partial charge in [0.05, 0.1) is 6.20 Å². The third kappa shape index (κ3) is 5.12. The highest BCUT2D eigenvalue weighted by Crippen LogP contribution is 2.25. The molecule has 2 heterocycles. The number of carbonyl (C=O) groups excluding carboxylic acids is 2. The Morgan fingerprint density at radius 3 is 2.34 bits per heavy atom. The van der Waals surface area contributed by atoms with Crippen LogP contribution in [0.1, 0.15) is 54.2 Å². The topological polar surface area (TPSA) is 67.2 Å². The number of ketones is 1. The van der Waals surface area contributed by atoms with Crippen molar-refractivity contribution in [3.05, 3.63) is 53.3 Å². The summed E-state index contributed by atoms with van der Waals surface area (Å²) < 4.78 is 1.70. The van der Waals surface area contributed by atoms with E-state index in [-0.39, 0.29) is 17.6 Å². The van der Waals surface area contributed by atoms with Crippen LogP contribution in [0.25, 0.3) is 0 Å². The second kappa shape index (κ2) is 9.35. The van der Waals surface area contributed by atoms with E-state index in [1.165, 1.54) is 5.56 Å². The predicted molar refractivity (Wildman–Crippen MR) is 114 cm³/mol. The lowest BCUT2D eigenvalue weighted by Gasteiger charge is -2.33. The van der Waals surface area contributed by atoms with Gasteiger partial charge in [0.25, 0.3) is 0 Å². The minimum Gasteiger partial charge on any atom is -0.341 e. The molecule has 1 fully saturated rings. The first-order valence-electron chi connectivity index (χ1n) is 10.5. The van der Waals surface area contributed by atoms with Crippen LogP contribution in [0.3, 0.4) is 0 Å². The van der Waals surface area contributed by atoms with E-state index in [0.717, 1.165) is 17.5 Å². The van der Waals surface area contributed by atoms with Gasteiger partial charge in [0, 0.05) is 43.4 Å². The van der Waals surface area contributed by atoms with Crippen LogP contribution in [-0.2, 0) is 18.3 Å². The van der Waals surface area contributed by atoms with Crippen LogP contribution in [0.2, 0.25) is 0 Å². The second-order valence-electron chi connectivity index (χ2n) is 8.43. The lowest BCUT2D eigenvalue weighted by molar-refractivity contribution is -0.134. The van der Waals surface area contributed by atoms with Crippen LogP contribution < -0.4 is 5.32 Å². The number of hydrogen-bond acceptors (Lipinski definition) is 4. The summed E-state index contributed by atoms with van der Waals surface area (Å²) in [6.45, 7) is 5.61. The maximum Gasteiger partial charge on any atom is 0.244 e. The van der Waals surface area contributed by atoms with E-state index in [1.54, 1.807) is 17.9 Å². The molecule has 1 saturated heterocycles. The Kier molecular flexibility index (Phi) is 6.85. The summed E-state index contributed by atoms with van der Waals surface area (Å²) in [7, 11) is 3.63. The number of nitrogens with zero attached hydrogens (tertiary/aromatic N) is 3. The molecule has 3 rings (SSSR count). The highest BCUT2D eigenvalue weighted by atomic mass is 16.2. The summed E-state index contributed by atoms with van der Waals surface area (Å²) in [6, 6.07) is 7.65. The number of aromatic nitrogens is 2. The van der Waals surface area contributed by atoms with Gasteiger partial charge >= 0.3 is 0 Å². The quantitative estimate of drug-likeness (QED) is 0.731. The minimum atomic E-state index is -0.399. The summed E-state index contributed by atoms with van der Waals surface area (Å²) in [5.74, 6) is 0.836. The lowest BCUT2D eigenvalue weighted by atomic mass is 9.88. The molecule has 1 atom stereocenters. The van der Waals surface area contributed by atoms with Crippen molar-refractivity contribution in [2.24, 2.45) is 18.9 Å². The Morgan fingerprint density at radius 2 is 1.83 bits per heavy atom. The molecule has 1 aromatic heterocycles. The first-order valence-corrected chi connectivity index (χ1v) is 10.5. The highest BCUT2D eigenvalue weighted by Gasteiger charge is 2.31. The number of rotatable bonds is 7. The number of nitrogens with one attached hydrogen (secondary N) is 1. The summed E-state index contributed by atoms with van der Waals surface area (Å²) in [6.07, 6.45) is 6.03. The summed E-state index contributed by atoms with van der Waals surface area (Å²) in [4.78, 5) is 27.7. The van der Waals surface area contributed by atoms with Gasteiger partial charge in [0.1, 0.15) is 6.04 Å². The second-order valence-corrected chi connectivity index (χ2v) is 8.43. The molecule has 29 heavy (non-hydrogen) atoms. The van der Waals surface area contributed by atoms with Crippen LogP contribution >= 0.6 is 0 Å². The molecule has 6 nitrogen and oxygen atoms in total. The molecular weight excluding hydrogens is 364 g/mol. The summed E-state index contributed by atoms with van der Waals surface area (Å²) >= 11 is 0. The van der Waals surface area contributed by atoms with E-state index in [0.29, 0.717) is 31.8 Å². The minimum absolute atomic E-state index is 0.0126. The molecule has 1 aliphatic heterocycles. The Hall–Kier alpha value is -2.47. The monoisotopic (exact) mass is 396 g/mol. The van der Waals surface area contributed by atoms with Gasteiger partial charge in [-0.15, -0.1) is 0 Å². The fraction of sp³-hybridized carbons (Fsp3) is 0.522. The Morgan fingerprint density at radius 1 is 1.17 bits per heavy atom. The molecule has 0 radical (unpaired) electrons. The number of amides is 1. The fourth-order valence-corrected chi connectivity index (χ4v) is 4.08. The van der Waals surface area contributed by atoms with Gasteiger partial charge in [0.15, 0.2) is 5.78 Å². The maximum absolute atomic E-state index is 13.0.